The normalized spacial score (nSPS) is 11.1. The second kappa shape index (κ2) is 6.21. The van der Waals surface area contributed by atoms with Crippen molar-refractivity contribution in [2.45, 2.75) is 11.8 Å². The van der Waals surface area contributed by atoms with E-state index in [1.807, 2.05) is 0 Å². The van der Waals surface area contributed by atoms with Gasteiger partial charge < -0.3 is 0 Å². The molecule has 0 atom stereocenters. The number of sulfone groups is 1. The summed E-state index contributed by atoms with van der Waals surface area (Å²) in [6.07, 6.45) is 1.01. The van der Waals surface area contributed by atoms with Gasteiger partial charge in [0.2, 0.25) is 0 Å². The minimum atomic E-state index is -3.56. The van der Waals surface area contributed by atoms with Gasteiger partial charge >= 0.3 is 0 Å². The minimum absolute atomic E-state index is 0.0486. The SMILES string of the molecule is Cc1cc(C(=O)NNC(=O)c2ccccc2S(C)(=O)=O)nn1C. The summed E-state index contributed by atoms with van der Waals surface area (Å²) in [6.45, 7) is 1.78. The van der Waals surface area contributed by atoms with E-state index < -0.39 is 21.7 Å². The van der Waals surface area contributed by atoms with Crippen molar-refractivity contribution in [3.63, 3.8) is 0 Å². The maximum absolute atomic E-state index is 12.1. The Morgan fingerprint density at radius 2 is 1.74 bits per heavy atom. The number of carbonyl (C=O) groups is 2. The minimum Gasteiger partial charge on any atom is -0.272 e. The first-order valence-corrected chi connectivity index (χ1v) is 8.49. The Bertz CT molecular complexity index is 851. The summed E-state index contributed by atoms with van der Waals surface area (Å²) in [5, 5.41) is 3.98. The number of hydrazine groups is 1. The Morgan fingerprint density at radius 1 is 1.13 bits per heavy atom. The molecule has 1 heterocycles. The van der Waals surface area contributed by atoms with Crippen LogP contribution >= 0.6 is 0 Å². The molecule has 0 spiro atoms. The number of nitrogens with one attached hydrogen (secondary N) is 2. The zero-order valence-electron chi connectivity index (χ0n) is 12.8. The van der Waals surface area contributed by atoms with Crippen LogP contribution in [-0.4, -0.2) is 36.3 Å². The third-order valence-electron chi connectivity index (χ3n) is 3.17. The summed E-state index contributed by atoms with van der Waals surface area (Å²) in [7, 11) is -1.87. The molecular weight excluding hydrogens is 320 g/mol. The molecule has 9 heteroatoms. The lowest BCUT2D eigenvalue weighted by molar-refractivity contribution is 0.0842. The predicted octanol–water partition coefficient (Wildman–Crippen LogP) is 0.207. The Kier molecular flexibility index (Phi) is 4.50. The third kappa shape index (κ3) is 3.75. The van der Waals surface area contributed by atoms with Gasteiger partial charge in [-0.05, 0) is 25.1 Å². The molecule has 0 aliphatic heterocycles. The van der Waals surface area contributed by atoms with Crippen LogP contribution in [0.1, 0.15) is 26.5 Å². The maximum atomic E-state index is 12.1. The topological polar surface area (TPSA) is 110 Å². The molecule has 1 aromatic heterocycles. The van der Waals surface area contributed by atoms with Gasteiger partial charge in [0.05, 0.1) is 10.5 Å². The van der Waals surface area contributed by atoms with E-state index in [-0.39, 0.29) is 16.2 Å². The van der Waals surface area contributed by atoms with Crippen LogP contribution < -0.4 is 10.9 Å². The van der Waals surface area contributed by atoms with Crippen LogP contribution in [-0.2, 0) is 16.9 Å². The van der Waals surface area contributed by atoms with Gasteiger partial charge in [-0.25, -0.2) is 8.42 Å². The fourth-order valence-corrected chi connectivity index (χ4v) is 2.78. The number of nitrogens with zero attached hydrogens (tertiary/aromatic N) is 2. The first kappa shape index (κ1) is 16.7. The monoisotopic (exact) mass is 336 g/mol. The average Bonchev–Trinajstić information content (AvgIpc) is 2.83. The van der Waals surface area contributed by atoms with Gasteiger partial charge in [-0.2, -0.15) is 5.10 Å². The lowest BCUT2D eigenvalue weighted by Gasteiger charge is -2.09. The number of hydrogen-bond acceptors (Lipinski definition) is 5. The van der Waals surface area contributed by atoms with Gasteiger partial charge in [-0.15, -0.1) is 0 Å². The second-order valence-electron chi connectivity index (χ2n) is 4.97. The van der Waals surface area contributed by atoms with E-state index in [2.05, 4.69) is 16.0 Å². The molecule has 0 fully saturated rings. The lowest BCUT2D eigenvalue weighted by atomic mass is 10.2. The van der Waals surface area contributed by atoms with Crippen LogP contribution in [0.5, 0.6) is 0 Å². The number of hydrogen-bond donors (Lipinski definition) is 2. The maximum Gasteiger partial charge on any atom is 0.290 e. The summed E-state index contributed by atoms with van der Waals surface area (Å²) in [4.78, 5) is 23.9. The van der Waals surface area contributed by atoms with Gasteiger partial charge in [0.25, 0.3) is 11.8 Å². The number of rotatable bonds is 3. The quantitative estimate of drug-likeness (QED) is 0.779. The summed E-state index contributed by atoms with van der Waals surface area (Å²) in [5.41, 5.74) is 5.27. The molecule has 0 aliphatic rings. The van der Waals surface area contributed by atoms with Crippen LogP contribution in [0.4, 0.5) is 0 Å². The van der Waals surface area contributed by atoms with Crippen molar-refractivity contribution in [2.75, 3.05) is 6.26 Å². The Morgan fingerprint density at radius 3 is 2.30 bits per heavy atom. The molecule has 0 aliphatic carbocycles. The molecule has 0 saturated heterocycles. The van der Waals surface area contributed by atoms with Crippen LogP contribution in [0.3, 0.4) is 0 Å². The highest BCUT2D eigenvalue weighted by molar-refractivity contribution is 7.90. The predicted molar refractivity (Wildman–Crippen MR) is 82.4 cm³/mol. The Balaban J connectivity index is 2.13. The molecule has 2 aromatic rings. The number of benzene rings is 1. The van der Waals surface area contributed by atoms with Gasteiger partial charge in [-0.1, -0.05) is 12.1 Å². The van der Waals surface area contributed by atoms with Crippen LogP contribution in [0, 0.1) is 6.92 Å². The number of carbonyl (C=O) groups excluding carboxylic acids is 2. The smallest absolute Gasteiger partial charge is 0.272 e. The third-order valence-corrected chi connectivity index (χ3v) is 4.32. The van der Waals surface area contributed by atoms with Crippen molar-refractivity contribution in [2.24, 2.45) is 7.05 Å². The zero-order valence-corrected chi connectivity index (χ0v) is 13.6. The summed E-state index contributed by atoms with van der Waals surface area (Å²) < 4.78 is 24.9. The van der Waals surface area contributed by atoms with Crippen molar-refractivity contribution < 1.29 is 18.0 Å². The first-order chi connectivity index (χ1) is 10.7. The van der Waals surface area contributed by atoms with Crippen molar-refractivity contribution >= 4 is 21.7 Å². The summed E-state index contributed by atoms with van der Waals surface area (Å²) >= 11 is 0. The van der Waals surface area contributed by atoms with Gasteiger partial charge in [-0.3, -0.25) is 25.1 Å². The van der Waals surface area contributed by atoms with E-state index >= 15 is 0 Å². The second-order valence-corrected chi connectivity index (χ2v) is 6.96. The molecule has 8 nitrogen and oxygen atoms in total. The number of aryl methyl sites for hydroxylation is 2. The van der Waals surface area contributed by atoms with E-state index in [1.165, 1.54) is 28.9 Å². The van der Waals surface area contributed by atoms with Gasteiger partial charge in [0.15, 0.2) is 15.5 Å². The Hall–Kier alpha value is -2.68. The van der Waals surface area contributed by atoms with Gasteiger partial charge in [0.1, 0.15) is 0 Å². The Labute approximate surface area is 133 Å². The van der Waals surface area contributed by atoms with Crippen LogP contribution in [0.2, 0.25) is 0 Å². The van der Waals surface area contributed by atoms with Crippen molar-refractivity contribution in [3.8, 4) is 0 Å². The van der Waals surface area contributed by atoms with E-state index in [4.69, 9.17) is 0 Å². The summed E-state index contributed by atoms with van der Waals surface area (Å²) in [5.74, 6) is -1.33. The molecule has 2 rings (SSSR count). The van der Waals surface area contributed by atoms with E-state index in [0.29, 0.717) is 0 Å². The number of aromatic nitrogens is 2. The van der Waals surface area contributed by atoms with Crippen LogP contribution in [0.25, 0.3) is 0 Å². The molecule has 2 N–H and O–H groups in total. The first-order valence-electron chi connectivity index (χ1n) is 6.60. The highest BCUT2D eigenvalue weighted by Gasteiger charge is 2.19. The highest BCUT2D eigenvalue weighted by atomic mass is 32.2. The average molecular weight is 336 g/mol. The molecule has 0 unspecified atom stereocenters. The van der Waals surface area contributed by atoms with E-state index in [0.717, 1.165) is 11.9 Å². The summed E-state index contributed by atoms with van der Waals surface area (Å²) in [6, 6.07) is 7.30. The molecule has 0 saturated carbocycles. The largest absolute Gasteiger partial charge is 0.290 e. The molecule has 23 heavy (non-hydrogen) atoms. The lowest BCUT2D eigenvalue weighted by Crippen LogP contribution is -2.42. The molecule has 0 bridgehead atoms. The molecule has 1 aromatic carbocycles. The molecule has 0 radical (unpaired) electrons. The van der Waals surface area contributed by atoms with Crippen molar-refractivity contribution in [1.82, 2.24) is 20.6 Å². The standard InChI is InChI=1S/C14H16N4O4S/c1-9-8-11(17-18(9)2)14(20)16-15-13(19)10-6-4-5-7-12(10)23(3,21)22/h4-8H,1-3H3,(H,15,19)(H,16,20). The van der Waals surface area contributed by atoms with E-state index in [1.54, 1.807) is 20.0 Å². The fourth-order valence-electron chi connectivity index (χ4n) is 1.89. The van der Waals surface area contributed by atoms with E-state index in [9.17, 15) is 18.0 Å². The van der Waals surface area contributed by atoms with Crippen molar-refractivity contribution in [1.29, 1.82) is 0 Å². The zero-order chi connectivity index (χ0) is 17.2. The highest BCUT2D eigenvalue weighted by Crippen LogP contribution is 2.14. The fraction of sp³-hybridized carbons (Fsp3) is 0.214. The molecular formula is C14H16N4O4S. The number of amides is 2. The van der Waals surface area contributed by atoms with Crippen LogP contribution in [0.15, 0.2) is 35.2 Å². The molecule has 2 amide bonds. The molecule has 122 valence electrons. The van der Waals surface area contributed by atoms with Gasteiger partial charge in [0, 0.05) is 19.0 Å². The van der Waals surface area contributed by atoms with Crippen molar-refractivity contribution in [3.05, 3.63) is 47.3 Å².